The van der Waals surface area contributed by atoms with Crippen molar-refractivity contribution in [1.82, 2.24) is 41.2 Å². The third kappa shape index (κ3) is 5.01. The molecule has 2 heterocycles. The van der Waals surface area contributed by atoms with Crippen LogP contribution in [0.3, 0.4) is 0 Å². The van der Waals surface area contributed by atoms with Gasteiger partial charge in [0, 0.05) is 23.9 Å². The highest BCUT2D eigenvalue weighted by atomic mass is 16.2. The van der Waals surface area contributed by atoms with Crippen LogP contribution in [0.1, 0.15) is 50.1 Å². The van der Waals surface area contributed by atoms with Crippen LogP contribution in [0.4, 0.5) is 17.1 Å². The molecule has 0 fully saturated rings. The first kappa shape index (κ1) is 25.5. The fourth-order valence-electron chi connectivity index (χ4n) is 4.74. The number of nitrogens with zero attached hydrogens (tertiary/aromatic N) is 5. The zero-order valence-electron chi connectivity index (χ0n) is 21.3. The zero-order chi connectivity index (χ0) is 28.5. The Morgan fingerprint density at radius 3 is 2.61 bits per heavy atom. The number of aromatic nitrogens is 6. The number of fused-ring (bicyclic) bond motifs is 1. The summed E-state index contributed by atoms with van der Waals surface area (Å²) in [6, 6.07) is 13.9. The average molecular weight is 551 g/mol. The molecule has 2 amide bonds. The van der Waals surface area contributed by atoms with E-state index in [0.717, 1.165) is 35.1 Å². The van der Waals surface area contributed by atoms with Crippen LogP contribution in [-0.2, 0) is 13.0 Å². The van der Waals surface area contributed by atoms with Gasteiger partial charge < -0.3 is 21.7 Å². The number of benzene rings is 2. The number of amides is 2. The normalized spacial score (nSPS) is 14.0. The number of nitrogens with one attached hydrogen (secondary N) is 4. The minimum absolute atomic E-state index is 0.0347. The number of carbonyl (C=O) groups excluding carboxylic acids is 2. The molecule has 6 rings (SSSR count). The van der Waals surface area contributed by atoms with Crippen molar-refractivity contribution in [2.24, 2.45) is 0 Å². The lowest BCUT2D eigenvalue weighted by molar-refractivity contribution is 0.0931. The van der Waals surface area contributed by atoms with E-state index >= 15 is 0 Å². The molecule has 0 aliphatic heterocycles. The second-order valence-corrected chi connectivity index (χ2v) is 9.46. The molecule has 14 nitrogen and oxygen atoms in total. The number of nitrogens with two attached hydrogens (primary N) is 1. The van der Waals surface area contributed by atoms with Gasteiger partial charge in [0.1, 0.15) is 29.1 Å². The Labute approximate surface area is 231 Å². The first-order valence-corrected chi connectivity index (χ1v) is 12.6. The van der Waals surface area contributed by atoms with Crippen molar-refractivity contribution in [2.45, 2.75) is 25.4 Å². The van der Waals surface area contributed by atoms with Crippen molar-refractivity contribution in [2.75, 3.05) is 11.1 Å². The number of nitrogen functional groups attached to an aromatic ring is 1. The van der Waals surface area contributed by atoms with Crippen LogP contribution in [0.25, 0.3) is 11.4 Å². The van der Waals surface area contributed by atoms with Crippen molar-refractivity contribution in [3.8, 4) is 11.4 Å². The maximum atomic E-state index is 13.0. The van der Waals surface area contributed by atoms with Gasteiger partial charge in [-0.1, -0.05) is 24.3 Å². The molecule has 1 aliphatic rings. The van der Waals surface area contributed by atoms with Gasteiger partial charge >= 0.3 is 0 Å². The molecular formula is C27H22N10O4. The summed E-state index contributed by atoms with van der Waals surface area (Å²) >= 11 is 0. The predicted octanol–water partition coefficient (Wildman–Crippen LogP) is 0.926. The fourth-order valence-corrected chi connectivity index (χ4v) is 4.74. The predicted molar refractivity (Wildman–Crippen MR) is 147 cm³/mol. The Morgan fingerprint density at radius 1 is 1.00 bits per heavy atom. The summed E-state index contributed by atoms with van der Waals surface area (Å²) in [5.41, 5.74) is 8.42. The summed E-state index contributed by atoms with van der Waals surface area (Å²) < 4.78 is 0. The SMILES string of the molecule is Nc1c(Nc2cccc(CNC(=O)c3cc(C(=O)N[C@H]4CCc5cc(-c6nn[nH]n6)ccc54)ncn3)c2)c(=O)c1=O. The van der Waals surface area contributed by atoms with Gasteiger partial charge in [-0.25, -0.2) is 9.97 Å². The Bertz CT molecular complexity index is 1860. The van der Waals surface area contributed by atoms with Gasteiger partial charge in [-0.05, 0) is 52.9 Å². The monoisotopic (exact) mass is 550 g/mol. The van der Waals surface area contributed by atoms with Crippen molar-refractivity contribution >= 4 is 28.9 Å². The van der Waals surface area contributed by atoms with Gasteiger partial charge in [-0.2, -0.15) is 5.21 Å². The second kappa shape index (κ2) is 10.4. The maximum Gasteiger partial charge on any atom is 0.270 e. The lowest BCUT2D eigenvalue weighted by atomic mass is 10.0. The summed E-state index contributed by atoms with van der Waals surface area (Å²) in [6.07, 6.45) is 2.67. The molecule has 5 aromatic rings. The molecular weight excluding hydrogens is 528 g/mol. The molecule has 6 N–H and O–H groups in total. The Hall–Kier alpha value is -5.79. The highest BCUT2D eigenvalue weighted by Crippen LogP contribution is 2.33. The standard InChI is InChI=1S/C27H22N10O4/c28-21-22(24(39)23(21)38)32-16-3-1-2-13(8-16)11-29-26(40)19-10-20(31-12-30-19)27(41)33-18-7-5-14-9-15(4-6-17(14)18)25-34-36-37-35-25/h1-4,6,8-10,12,18,32H,5,7,11,28H2,(H,29,40)(H,33,41)(H,34,35,36,37)/t18-/m0/s1. The molecule has 0 saturated heterocycles. The molecule has 0 radical (unpaired) electrons. The summed E-state index contributed by atoms with van der Waals surface area (Å²) in [5, 5.41) is 22.6. The van der Waals surface area contributed by atoms with Crippen LogP contribution in [0.5, 0.6) is 0 Å². The quantitative estimate of drug-likeness (QED) is 0.171. The largest absolute Gasteiger partial charge is 0.394 e. The summed E-state index contributed by atoms with van der Waals surface area (Å²) in [4.78, 5) is 56.9. The summed E-state index contributed by atoms with van der Waals surface area (Å²) in [7, 11) is 0. The van der Waals surface area contributed by atoms with Gasteiger partial charge in [0.2, 0.25) is 5.82 Å². The summed E-state index contributed by atoms with van der Waals surface area (Å²) in [6.45, 7) is 0.145. The number of rotatable bonds is 8. The number of aryl methyl sites for hydroxylation is 1. The summed E-state index contributed by atoms with van der Waals surface area (Å²) in [5.74, 6) is -0.410. The molecule has 0 unspecified atom stereocenters. The van der Waals surface area contributed by atoms with Gasteiger partial charge in [-0.15, -0.1) is 10.2 Å². The Balaban J connectivity index is 1.08. The van der Waals surface area contributed by atoms with E-state index in [2.05, 4.69) is 46.5 Å². The molecule has 204 valence electrons. The van der Waals surface area contributed by atoms with Crippen molar-refractivity contribution in [1.29, 1.82) is 0 Å². The number of hydrogen-bond donors (Lipinski definition) is 5. The molecule has 1 aliphatic carbocycles. The smallest absolute Gasteiger partial charge is 0.270 e. The number of H-pyrrole nitrogens is 1. The molecule has 2 aromatic heterocycles. The van der Waals surface area contributed by atoms with E-state index < -0.39 is 22.7 Å². The Morgan fingerprint density at radius 2 is 1.83 bits per heavy atom. The van der Waals surface area contributed by atoms with Crippen LogP contribution in [-0.4, -0.2) is 42.4 Å². The highest BCUT2D eigenvalue weighted by Gasteiger charge is 2.26. The van der Waals surface area contributed by atoms with Gasteiger partial charge in [0.25, 0.3) is 22.7 Å². The van der Waals surface area contributed by atoms with E-state index in [1.165, 1.54) is 12.4 Å². The number of anilines is 3. The van der Waals surface area contributed by atoms with Crippen LogP contribution in [0.2, 0.25) is 0 Å². The average Bonchev–Trinajstić information content (AvgIpc) is 3.69. The van der Waals surface area contributed by atoms with E-state index in [4.69, 9.17) is 5.73 Å². The second-order valence-electron chi connectivity index (χ2n) is 9.46. The number of tetrazole rings is 1. The van der Waals surface area contributed by atoms with Crippen LogP contribution >= 0.6 is 0 Å². The number of aromatic amines is 1. The molecule has 0 bridgehead atoms. The molecule has 41 heavy (non-hydrogen) atoms. The van der Waals surface area contributed by atoms with Crippen molar-refractivity contribution in [3.63, 3.8) is 0 Å². The minimum atomic E-state index is -0.711. The van der Waals surface area contributed by atoms with Crippen LogP contribution < -0.4 is 32.5 Å². The molecule has 14 heteroatoms. The zero-order valence-corrected chi connectivity index (χ0v) is 21.3. The molecule has 0 spiro atoms. The lowest BCUT2D eigenvalue weighted by Gasteiger charge is -2.14. The number of carbonyl (C=O) groups is 2. The van der Waals surface area contributed by atoms with E-state index in [0.29, 0.717) is 11.5 Å². The molecule has 0 saturated carbocycles. The van der Waals surface area contributed by atoms with Crippen molar-refractivity contribution < 1.29 is 9.59 Å². The van der Waals surface area contributed by atoms with E-state index in [1.54, 1.807) is 24.3 Å². The molecule has 1 atom stereocenters. The molecule has 3 aromatic carbocycles. The van der Waals surface area contributed by atoms with Crippen molar-refractivity contribution in [3.05, 3.63) is 103 Å². The fraction of sp³-hybridized carbons (Fsp3) is 0.148. The highest BCUT2D eigenvalue weighted by molar-refractivity contribution is 5.97. The maximum absolute atomic E-state index is 13.0. The first-order chi connectivity index (χ1) is 19.9. The van der Waals surface area contributed by atoms with Crippen LogP contribution in [0, 0.1) is 0 Å². The number of hydrogen-bond acceptors (Lipinski definition) is 11. The van der Waals surface area contributed by atoms with E-state index in [-0.39, 0.29) is 35.3 Å². The van der Waals surface area contributed by atoms with Crippen LogP contribution in [0.15, 0.2) is 64.4 Å². The first-order valence-electron chi connectivity index (χ1n) is 12.6. The third-order valence-electron chi connectivity index (χ3n) is 6.86. The lowest BCUT2D eigenvalue weighted by Crippen LogP contribution is -2.36. The Kier molecular flexibility index (Phi) is 6.47. The van der Waals surface area contributed by atoms with E-state index in [1.807, 2.05) is 18.2 Å². The van der Waals surface area contributed by atoms with Gasteiger partial charge in [0.05, 0.1) is 6.04 Å². The topological polar surface area (TPSA) is 211 Å². The van der Waals surface area contributed by atoms with Gasteiger partial charge in [0.15, 0.2) is 0 Å². The minimum Gasteiger partial charge on any atom is -0.394 e. The third-order valence-corrected chi connectivity index (χ3v) is 6.86. The van der Waals surface area contributed by atoms with E-state index in [9.17, 15) is 19.2 Å². The van der Waals surface area contributed by atoms with Gasteiger partial charge in [-0.3, -0.25) is 19.2 Å².